The second-order valence-electron chi connectivity index (χ2n) is 7.86. The largest absolute Gasteiger partial charge is 0.462 e. The van der Waals surface area contributed by atoms with E-state index in [-0.39, 0.29) is 18.9 Å². The van der Waals surface area contributed by atoms with Gasteiger partial charge in [-0.05, 0) is 57.2 Å². The summed E-state index contributed by atoms with van der Waals surface area (Å²) in [5, 5.41) is 0. The molecule has 6 heteroatoms. The van der Waals surface area contributed by atoms with Gasteiger partial charge in [0.1, 0.15) is 5.60 Å². The molecule has 0 spiro atoms. The molecule has 0 bridgehead atoms. The number of nitrogens with zero attached hydrogens (tertiary/aromatic N) is 1. The fourth-order valence-corrected chi connectivity index (χ4v) is 3.34. The van der Waals surface area contributed by atoms with E-state index in [1.54, 1.807) is 39.0 Å². The Bertz CT molecular complexity index is 803. The van der Waals surface area contributed by atoms with Crippen molar-refractivity contribution < 1.29 is 23.9 Å². The zero-order valence-corrected chi connectivity index (χ0v) is 16.0. The number of amides is 1. The topological polar surface area (TPSA) is 72.9 Å². The van der Waals surface area contributed by atoms with Gasteiger partial charge in [0.25, 0.3) is 0 Å². The number of rotatable bonds is 0. The smallest absolute Gasteiger partial charge is 0.411 e. The van der Waals surface area contributed by atoms with Crippen molar-refractivity contribution in [2.45, 2.75) is 45.6 Å². The highest BCUT2D eigenvalue weighted by molar-refractivity contribution is 6.09. The van der Waals surface area contributed by atoms with Crippen LogP contribution in [0.25, 0.3) is 5.57 Å². The van der Waals surface area contributed by atoms with E-state index in [9.17, 15) is 14.4 Å². The van der Waals surface area contributed by atoms with Gasteiger partial charge in [-0.15, -0.1) is 0 Å². The minimum absolute atomic E-state index is 0.000357. The van der Waals surface area contributed by atoms with Gasteiger partial charge in [0.05, 0.1) is 25.3 Å². The third-order valence-corrected chi connectivity index (χ3v) is 4.56. The molecule has 0 atom stereocenters. The van der Waals surface area contributed by atoms with Crippen molar-refractivity contribution in [2.24, 2.45) is 0 Å². The van der Waals surface area contributed by atoms with E-state index in [2.05, 4.69) is 0 Å². The van der Waals surface area contributed by atoms with Crippen LogP contribution in [-0.2, 0) is 14.3 Å². The first-order valence-electron chi connectivity index (χ1n) is 9.26. The summed E-state index contributed by atoms with van der Waals surface area (Å²) in [6, 6.07) is 7.09. The van der Waals surface area contributed by atoms with Gasteiger partial charge in [-0.25, -0.2) is 9.59 Å². The first-order valence-corrected chi connectivity index (χ1v) is 9.26. The zero-order valence-electron chi connectivity index (χ0n) is 16.0. The lowest BCUT2D eigenvalue weighted by Gasteiger charge is -2.32. The summed E-state index contributed by atoms with van der Waals surface area (Å²) in [5.41, 5.74) is 1.85. The second-order valence-corrected chi connectivity index (χ2v) is 7.86. The maximum atomic E-state index is 12.8. The lowest BCUT2D eigenvalue weighted by atomic mass is 9.87. The Kier molecular flexibility index (Phi) is 5.35. The highest BCUT2D eigenvalue weighted by Crippen LogP contribution is 2.32. The van der Waals surface area contributed by atoms with Gasteiger partial charge in [-0.1, -0.05) is 18.2 Å². The molecule has 0 saturated heterocycles. The molecule has 0 aromatic heterocycles. The molecule has 3 rings (SSSR count). The monoisotopic (exact) mass is 371 g/mol. The van der Waals surface area contributed by atoms with Crippen molar-refractivity contribution in [3.8, 4) is 0 Å². The number of ether oxygens (including phenoxy) is 2. The van der Waals surface area contributed by atoms with Gasteiger partial charge >= 0.3 is 12.1 Å². The minimum atomic E-state index is -0.646. The average Bonchev–Trinajstić information content (AvgIpc) is 2.60. The number of esters is 1. The Morgan fingerprint density at radius 2 is 1.74 bits per heavy atom. The molecule has 27 heavy (non-hydrogen) atoms. The van der Waals surface area contributed by atoms with Gasteiger partial charge < -0.3 is 9.47 Å². The Morgan fingerprint density at radius 3 is 2.44 bits per heavy atom. The first kappa shape index (κ1) is 19.1. The second kappa shape index (κ2) is 7.55. The molecule has 6 nitrogen and oxygen atoms in total. The number of cyclic esters (lactones) is 1. The number of hydrogen-bond donors (Lipinski definition) is 0. The summed E-state index contributed by atoms with van der Waals surface area (Å²) in [4.78, 5) is 39.2. The van der Waals surface area contributed by atoms with E-state index in [1.165, 1.54) is 4.90 Å². The van der Waals surface area contributed by atoms with Gasteiger partial charge in [0.2, 0.25) is 0 Å². The van der Waals surface area contributed by atoms with Crippen LogP contribution in [-0.4, -0.2) is 48.0 Å². The molecular formula is C21H25NO5. The highest BCUT2D eigenvalue weighted by atomic mass is 16.6. The normalized spacial score (nSPS) is 18.4. The molecule has 0 fully saturated rings. The molecule has 2 aliphatic heterocycles. The number of hydrogen-bond acceptors (Lipinski definition) is 5. The number of Topliss-reactive ketones (excluding diaryl/α,β-unsaturated/α-hetero) is 1. The number of benzene rings is 1. The molecular weight excluding hydrogens is 346 g/mol. The van der Waals surface area contributed by atoms with Crippen LogP contribution in [0.15, 0.2) is 29.8 Å². The Labute approximate surface area is 159 Å². The summed E-state index contributed by atoms with van der Waals surface area (Å²) in [5.74, 6) is -0.493. The molecule has 0 N–H and O–H groups in total. The molecule has 1 aromatic carbocycles. The fourth-order valence-electron chi connectivity index (χ4n) is 3.34. The van der Waals surface area contributed by atoms with Crippen LogP contribution < -0.4 is 0 Å². The summed E-state index contributed by atoms with van der Waals surface area (Å²) in [6.07, 6.45) is 1.54. The predicted molar refractivity (Wildman–Crippen MR) is 100 cm³/mol. The molecule has 2 heterocycles. The molecule has 144 valence electrons. The van der Waals surface area contributed by atoms with Crippen LogP contribution in [0.5, 0.6) is 0 Å². The van der Waals surface area contributed by atoms with Crippen molar-refractivity contribution in [3.63, 3.8) is 0 Å². The summed E-state index contributed by atoms with van der Waals surface area (Å²) in [6.45, 7) is 5.94. The first-order chi connectivity index (χ1) is 12.8. The van der Waals surface area contributed by atoms with Crippen LogP contribution in [0.3, 0.4) is 0 Å². The van der Waals surface area contributed by atoms with E-state index in [0.717, 1.165) is 6.42 Å². The molecule has 1 aromatic rings. The average molecular weight is 371 g/mol. The fraction of sp³-hybridized carbons (Fsp3) is 0.476. The van der Waals surface area contributed by atoms with Crippen LogP contribution in [0.2, 0.25) is 0 Å². The lowest BCUT2D eigenvalue weighted by Crippen LogP contribution is -2.44. The van der Waals surface area contributed by atoms with Crippen LogP contribution in [0.4, 0.5) is 4.79 Å². The third kappa shape index (κ3) is 4.38. The van der Waals surface area contributed by atoms with E-state index in [0.29, 0.717) is 41.7 Å². The molecule has 0 unspecified atom stereocenters. The van der Waals surface area contributed by atoms with Crippen molar-refractivity contribution in [3.05, 3.63) is 41.0 Å². The van der Waals surface area contributed by atoms with E-state index in [1.807, 2.05) is 6.07 Å². The predicted octanol–water partition coefficient (Wildman–Crippen LogP) is 3.60. The highest BCUT2D eigenvalue weighted by Gasteiger charge is 2.33. The van der Waals surface area contributed by atoms with Gasteiger partial charge in [0.15, 0.2) is 5.78 Å². The molecule has 0 aliphatic carbocycles. The Balaban J connectivity index is 2.03. The van der Waals surface area contributed by atoms with Crippen LogP contribution in [0, 0.1) is 0 Å². The Morgan fingerprint density at radius 1 is 1.04 bits per heavy atom. The third-order valence-electron chi connectivity index (χ3n) is 4.56. The van der Waals surface area contributed by atoms with Crippen molar-refractivity contribution in [1.82, 2.24) is 4.90 Å². The number of ketones is 1. The minimum Gasteiger partial charge on any atom is -0.462 e. The van der Waals surface area contributed by atoms with Crippen molar-refractivity contribution >= 4 is 23.4 Å². The zero-order chi connectivity index (χ0) is 19.6. The van der Waals surface area contributed by atoms with E-state index >= 15 is 0 Å². The number of carbonyl (C=O) groups is 3. The van der Waals surface area contributed by atoms with E-state index in [4.69, 9.17) is 9.47 Å². The quantitative estimate of drug-likeness (QED) is 0.652. The SMILES string of the molecule is CC(C)(C)OC(=O)N1CC(=O)C2=C(C1)c1ccccc1C(=O)OCCCC2. The van der Waals surface area contributed by atoms with E-state index < -0.39 is 17.7 Å². The van der Waals surface area contributed by atoms with Gasteiger partial charge in [-0.2, -0.15) is 0 Å². The lowest BCUT2D eigenvalue weighted by molar-refractivity contribution is -0.117. The van der Waals surface area contributed by atoms with Crippen LogP contribution in [0.1, 0.15) is 56.0 Å². The molecule has 2 aliphatic rings. The number of carbonyl (C=O) groups excluding carboxylic acids is 3. The molecule has 1 amide bonds. The Hall–Kier alpha value is -2.63. The molecule has 0 saturated carbocycles. The number of fused-ring (bicyclic) bond motifs is 2. The van der Waals surface area contributed by atoms with Crippen LogP contribution >= 0.6 is 0 Å². The van der Waals surface area contributed by atoms with Crippen molar-refractivity contribution in [2.75, 3.05) is 19.7 Å². The van der Waals surface area contributed by atoms with Gasteiger partial charge in [-0.3, -0.25) is 9.69 Å². The maximum absolute atomic E-state index is 12.8. The summed E-state index contributed by atoms with van der Waals surface area (Å²) >= 11 is 0. The summed E-state index contributed by atoms with van der Waals surface area (Å²) in [7, 11) is 0. The summed E-state index contributed by atoms with van der Waals surface area (Å²) < 4.78 is 10.8. The molecule has 0 radical (unpaired) electrons. The standard InChI is InChI=1S/C21H25NO5/c1-21(2,3)27-20(25)22-12-17-14-8-4-5-10-16(14)19(24)26-11-7-6-9-15(17)18(23)13-22/h4-5,8,10H,6-7,9,11-13H2,1-3H3. The van der Waals surface area contributed by atoms with Gasteiger partial charge in [0, 0.05) is 5.57 Å². The van der Waals surface area contributed by atoms with Crippen molar-refractivity contribution in [1.29, 1.82) is 0 Å². The maximum Gasteiger partial charge on any atom is 0.411 e.